The fraction of sp³-hybridized carbons (Fsp3) is 0.348. The van der Waals surface area contributed by atoms with Crippen LogP contribution in [0.4, 0.5) is 0 Å². The second kappa shape index (κ2) is 11.6. The molecule has 0 aromatic heterocycles. The smallest absolute Gasteiger partial charge is 0.262 e. The first-order valence-electron chi connectivity index (χ1n) is 9.96. The van der Waals surface area contributed by atoms with E-state index < -0.39 is 11.9 Å². The number of methoxy groups -OCH3 is 1. The Labute approximate surface area is 177 Å². The zero-order valence-corrected chi connectivity index (χ0v) is 17.8. The van der Waals surface area contributed by atoms with Gasteiger partial charge in [0.05, 0.1) is 19.9 Å². The molecule has 0 radical (unpaired) electrons. The van der Waals surface area contributed by atoms with Gasteiger partial charge in [-0.3, -0.25) is 9.59 Å². The highest BCUT2D eigenvalue weighted by Gasteiger charge is 2.24. The van der Waals surface area contributed by atoms with Gasteiger partial charge in [-0.15, -0.1) is 0 Å². The van der Waals surface area contributed by atoms with E-state index in [1.54, 1.807) is 31.4 Å². The summed E-state index contributed by atoms with van der Waals surface area (Å²) in [4.78, 5) is 25.1. The van der Waals surface area contributed by atoms with Gasteiger partial charge in [0.25, 0.3) is 11.8 Å². The summed E-state index contributed by atoms with van der Waals surface area (Å²) in [5, 5.41) is 6.81. The zero-order chi connectivity index (χ0) is 21.9. The lowest BCUT2D eigenvalue weighted by Gasteiger charge is -2.20. The quantitative estimate of drug-likeness (QED) is 0.463. The number of benzene rings is 2. The van der Waals surface area contributed by atoms with Gasteiger partial charge in [-0.25, -0.2) is 5.43 Å². The molecular formula is C23H29N3O4. The minimum absolute atomic E-state index is 0.123. The monoisotopic (exact) mass is 411 g/mol. The fourth-order valence-electron chi connectivity index (χ4n) is 2.67. The molecule has 2 amide bonds. The molecule has 2 rings (SSSR count). The van der Waals surface area contributed by atoms with E-state index in [2.05, 4.69) is 15.8 Å². The number of hydrazone groups is 1. The van der Waals surface area contributed by atoms with Crippen LogP contribution in [-0.2, 0) is 4.79 Å². The number of hydrogen-bond acceptors (Lipinski definition) is 5. The Balaban J connectivity index is 2.01. The van der Waals surface area contributed by atoms with Gasteiger partial charge in [-0.1, -0.05) is 32.9 Å². The van der Waals surface area contributed by atoms with Crippen LogP contribution in [0.5, 0.6) is 11.5 Å². The van der Waals surface area contributed by atoms with Crippen molar-refractivity contribution in [1.29, 1.82) is 0 Å². The largest absolute Gasteiger partial charge is 0.497 e. The Morgan fingerprint density at radius 1 is 1.10 bits per heavy atom. The Bertz CT molecular complexity index is 863. The maximum atomic E-state index is 12.6. The van der Waals surface area contributed by atoms with E-state index in [0.29, 0.717) is 23.7 Å². The normalized spacial score (nSPS) is 11.9. The van der Waals surface area contributed by atoms with E-state index in [1.807, 2.05) is 45.0 Å². The summed E-state index contributed by atoms with van der Waals surface area (Å²) in [5.41, 5.74) is 3.71. The Hall–Kier alpha value is -3.35. The highest BCUT2D eigenvalue weighted by molar-refractivity contribution is 5.97. The van der Waals surface area contributed by atoms with Crippen molar-refractivity contribution in [3.05, 3.63) is 59.7 Å². The molecule has 0 saturated heterocycles. The lowest BCUT2D eigenvalue weighted by atomic mass is 10.0. The SMILES string of the molecule is CCCOc1ccccc1/C=N/NC(=O)C(NC(=O)c1ccc(OC)cc1)C(C)C. The van der Waals surface area contributed by atoms with E-state index in [9.17, 15) is 9.59 Å². The van der Waals surface area contributed by atoms with Gasteiger partial charge in [0, 0.05) is 11.1 Å². The number of para-hydroxylation sites is 1. The van der Waals surface area contributed by atoms with E-state index in [1.165, 1.54) is 6.21 Å². The molecule has 0 heterocycles. The molecule has 0 saturated carbocycles. The van der Waals surface area contributed by atoms with Crippen LogP contribution in [-0.4, -0.2) is 37.8 Å². The molecule has 160 valence electrons. The number of nitrogens with one attached hydrogen (secondary N) is 2. The molecule has 0 aliphatic carbocycles. The summed E-state index contributed by atoms with van der Waals surface area (Å²) < 4.78 is 10.8. The molecule has 1 unspecified atom stereocenters. The average Bonchev–Trinajstić information content (AvgIpc) is 2.76. The highest BCUT2D eigenvalue weighted by atomic mass is 16.5. The van der Waals surface area contributed by atoms with Crippen LogP contribution >= 0.6 is 0 Å². The lowest BCUT2D eigenvalue weighted by molar-refractivity contribution is -0.123. The second-order valence-electron chi connectivity index (χ2n) is 7.04. The van der Waals surface area contributed by atoms with Crippen molar-refractivity contribution < 1.29 is 19.1 Å². The molecule has 2 N–H and O–H groups in total. The first-order valence-corrected chi connectivity index (χ1v) is 9.96. The first kappa shape index (κ1) is 22.9. The van der Waals surface area contributed by atoms with Crippen LogP contribution in [0.2, 0.25) is 0 Å². The molecule has 2 aromatic carbocycles. The molecule has 7 heteroatoms. The second-order valence-corrected chi connectivity index (χ2v) is 7.04. The van der Waals surface area contributed by atoms with Gasteiger partial charge < -0.3 is 14.8 Å². The standard InChI is InChI=1S/C23H29N3O4/c1-5-14-30-20-9-7-6-8-18(20)15-24-26-23(28)21(16(2)3)25-22(27)17-10-12-19(29-4)13-11-17/h6-13,15-16,21H,5,14H2,1-4H3,(H,25,27)(H,26,28)/b24-15+. The maximum absolute atomic E-state index is 12.6. The average molecular weight is 412 g/mol. The Morgan fingerprint density at radius 2 is 1.80 bits per heavy atom. The van der Waals surface area contributed by atoms with Crippen LogP contribution in [0.15, 0.2) is 53.6 Å². The number of nitrogens with zero attached hydrogens (tertiary/aromatic N) is 1. The Morgan fingerprint density at radius 3 is 2.43 bits per heavy atom. The lowest BCUT2D eigenvalue weighted by Crippen LogP contribution is -2.48. The maximum Gasteiger partial charge on any atom is 0.262 e. The molecule has 0 spiro atoms. The van der Waals surface area contributed by atoms with Crippen LogP contribution < -0.4 is 20.2 Å². The van der Waals surface area contributed by atoms with Gasteiger partial charge in [-0.05, 0) is 48.7 Å². The molecule has 0 aliphatic rings. The minimum Gasteiger partial charge on any atom is -0.497 e. The van der Waals surface area contributed by atoms with Gasteiger partial charge in [-0.2, -0.15) is 5.10 Å². The van der Waals surface area contributed by atoms with Crippen molar-refractivity contribution in [2.45, 2.75) is 33.2 Å². The molecule has 0 fully saturated rings. The third-order valence-electron chi connectivity index (χ3n) is 4.35. The highest BCUT2D eigenvalue weighted by Crippen LogP contribution is 2.16. The van der Waals surface area contributed by atoms with E-state index in [4.69, 9.17) is 9.47 Å². The van der Waals surface area contributed by atoms with E-state index in [-0.39, 0.29) is 11.8 Å². The van der Waals surface area contributed by atoms with Gasteiger partial charge >= 0.3 is 0 Å². The molecule has 30 heavy (non-hydrogen) atoms. The molecule has 1 atom stereocenters. The number of carbonyl (C=O) groups excluding carboxylic acids is 2. The third-order valence-corrected chi connectivity index (χ3v) is 4.35. The molecule has 7 nitrogen and oxygen atoms in total. The molecule has 0 aliphatic heterocycles. The summed E-state index contributed by atoms with van der Waals surface area (Å²) in [7, 11) is 1.56. The molecular weight excluding hydrogens is 382 g/mol. The van der Waals surface area contributed by atoms with Crippen LogP contribution in [0, 0.1) is 5.92 Å². The summed E-state index contributed by atoms with van der Waals surface area (Å²) in [6, 6.07) is 13.4. The fourth-order valence-corrected chi connectivity index (χ4v) is 2.67. The van der Waals surface area contributed by atoms with Gasteiger partial charge in [0.15, 0.2) is 0 Å². The number of ether oxygens (including phenoxy) is 2. The van der Waals surface area contributed by atoms with Gasteiger partial charge in [0.1, 0.15) is 17.5 Å². The van der Waals surface area contributed by atoms with Crippen molar-refractivity contribution in [2.24, 2.45) is 11.0 Å². The van der Waals surface area contributed by atoms with Crippen molar-refractivity contribution in [3.8, 4) is 11.5 Å². The molecule has 0 bridgehead atoms. The van der Waals surface area contributed by atoms with E-state index in [0.717, 1.165) is 12.0 Å². The van der Waals surface area contributed by atoms with Gasteiger partial charge in [0.2, 0.25) is 0 Å². The number of rotatable bonds is 10. The summed E-state index contributed by atoms with van der Waals surface area (Å²) >= 11 is 0. The van der Waals surface area contributed by atoms with Crippen molar-refractivity contribution in [1.82, 2.24) is 10.7 Å². The third kappa shape index (κ3) is 6.62. The van der Waals surface area contributed by atoms with Crippen LogP contribution in [0.3, 0.4) is 0 Å². The van der Waals surface area contributed by atoms with E-state index >= 15 is 0 Å². The summed E-state index contributed by atoms with van der Waals surface area (Å²) in [5.74, 6) is 0.499. The van der Waals surface area contributed by atoms with Crippen LogP contribution in [0.25, 0.3) is 0 Å². The minimum atomic E-state index is -0.733. The summed E-state index contributed by atoms with van der Waals surface area (Å²) in [6.07, 6.45) is 2.43. The van der Waals surface area contributed by atoms with Crippen LogP contribution in [0.1, 0.15) is 43.1 Å². The predicted octanol–water partition coefficient (Wildman–Crippen LogP) is 3.39. The Kier molecular flexibility index (Phi) is 8.87. The topological polar surface area (TPSA) is 89.0 Å². The number of carbonyl (C=O) groups is 2. The summed E-state index contributed by atoms with van der Waals surface area (Å²) in [6.45, 7) is 6.35. The number of hydrogen-bond donors (Lipinski definition) is 2. The van der Waals surface area contributed by atoms with Crippen molar-refractivity contribution in [2.75, 3.05) is 13.7 Å². The van der Waals surface area contributed by atoms with Crippen molar-refractivity contribution in [3.63, 3.8) is 0 Å². The van der Waals surface area contributed by atoms with Crippen molar-refractivity contribution >= 4 is 18.0 Å². The molecule has 2 aromatic rings. The number of amides is 2. The first-order chi connectivity index (χ1) is 14.5. The zero-order valence-electron chi connectivity index (χ0n) is 17.8. The predicted molar refractivity (Wildman–Crippen MR) is 117 cm³/mol.